The zero-order chi connectivity index (χ0) is 20.2. The van der Waals surface area contributed by atoms with Crippen molar-refractivity contribution in [3.63, 3.8) is 0 Å². The molecule has 6 nitrogen and oxygen atoms in total. The van der Waals surface area contributed by atoms with Crippen molar-refractivity contribution in [2.45, 2.75) is 17.4 Å². The molecule has 28 heavy (non-hydrogen) atoms. The highest BCUT2D eigenvalue weighted by Crippen LogP contribution is 2.48. The Labute approximate surface area is 172 Å². The molecule has 0 aliphatic carbocycles. The minimum atomic E-state index is -3.74. The molecule has 3 aromatic rings. The SMILES string of the molecule is COc1ccc2c(c1)c(C(O)CCN(C)C)c1n2S(=O)(=O)c2ccc(Br)cc2-1. The van der Waals surface area contributed by atoms with Gasteiger partial charge >= 0.3 is 0 Å². The van der Waals surface area contributed by atoms with E-state index >= 15 is 0 Å². The third kappa shape index (κ3) is 2.86. The van der Waals surface area contributed by atoms with Gasteiger partial charge in [0.05, 0.1) is 29.3 Å². The Morgan fingerprint density at radius 3 is 2.64 bits per heavy atom. The van der Waals surface area contributed by atoms with Crippen LogP contribution in [0.4, 0.5) is 0 Å². The van der Waals surface area contributed by atoms with E-state index in [0.29, 0.717) is 46.4 Å². The average molecular weight is 465 g/mol. The number of aromatic nitrogens is 1. The fourth-order valence-electron chi connectivity index (χ4n) is 3.77. The van der Waals surface area contributed by atoms with Crippen molar-refractivity contribution in [1.29, 1.82) is 0 Å². The number of fused-ring (bicyclic) bond motifs is 5. The molecule has 1 aliphatic rings. The van der Waals surface area contributed by atoms with Gasteiger partial charge in [0.2, 0.25) is 0 Å². The molecule has 1 aliphatic heterocycles. The molecular weight excluding hydrogens is 444 g/mol. The van der Waals surface area contributed by atoms with E-state index in [-0.39, 0.29) is 4.90 Å². The van der Waals surface area contributed by atoms with Crippen LogP contribution >= 0.6 is 15.9 Å². The first-order valence-electron chi connectivity index (χ1n) is 8.86. The summed E-state index contributed by atoms with van der Waals surface area (Å²) in [6, 6.07) is 10.4. The summed E-state index contributed by atoms with van der Waals surface area (Å²) in [5.74, 6) is 0.615. The lowest BCUT2D eigenvalue weighted by atomic mass is 9.98. The van der Waals surface area contributed by atoms with Crippen molar-refractivity contribution < 1.29 is 18.3 Å². The quantitative estimate of drug-likeness (QED) is 0.488. The van der Waals surface area contributed by atoms with Gasteiger partial charge in [-0.25, -0.2) is 12.4 Å². The summed E-state index contributed by atoms with van der Waals surface area (Å²) in [5.41, 5.74) is 2.30. The lowest BCUT2D eigenvalue weighted by Crippen LogP contribution is -2.16. The summed E-state index contributed by atoms with van der Waals surface area (Å²) < 4.78 is 34.0. The minimum absolute atomic E-state index is 0.254. The molecule has 1 unspecified atom stereocenters. The van der Waals surface area contributed by atoms with Gasteiger partial charge in [0, 0.05) is 27.5 Å². The van der Waals surface area contributed by atoms with Crippen LogP contribution in [0, 0.1) is 0 Å². The van der Waals surface area contributed by atoms with Gasteiger partial charge < -0.3 is 14.7 Å². The van der Waals surface area contributed by atoms with Crippen LogP contribution in [0.25, 0.3) is 22.2 Å². The van der Waals surface area contributed by atoms with Crippen molar-refractivity contribution in [1.82, 2.24) is 8.87 Å². The summed E-state index contributed by atoms with van der Waals surface area (Å²) in [7, 11) is 1.71. The van der Waals surface area contributed by atoms with Gasteiger partial charge in [-0.05, 0) is 56.9 Å². The Kier molecular flexibility index (Phi) is 4.78. The number of ether oxygens (including phenoxy) is 1. The first-order valence-corrected chi connectivity index (χ1v) is 11.1. The lowest BCUT2D eigenvalue weighted by molar-refractivity contribution is 0.156. The molecule has 0 saturated heterocycles. The average Bonchev–Trinajstić information content (AvgIpc) is 3.10. The Hall–Kier alpha value is -1.87. The smallest absolute Gasteiger partial charge is 0.269 e. The fraction of sp³-hybridized carbons (Fsp3) is 0.300. The lowest BCUT2D eigenvalue weighted by Gasteiger charge is -2.16. The third-order valence-corrected chi connectivity index (χ3v) is 7.33. The van der Waals surface area contributed by atoms with Crippen molar-refractivity contribution >= 4 is 36.9 Å². The maximum Gasteiger partial charge on any atom is 0.269 e. The molecule has 1 atom stereocenters. The number of nitrogens with zero attached hydrogens (tertiary/aromatic N) is 2. The highest BCUT2D eigenvalue weighted by atomic mass is 79.9. The first-order chi connectivity index (χ1) is 13.3. The van der Waals surface area contributed by atoms with E-state index in [0.717, 1.165) is 4.47 Å². The van der Waals surface area contributed by atoms with Crippen LogP contribution in [0.1, 0.15) is 18.1 Å². The zero-order valence-electron chi connectivity index (χ0n) is 15.8. The van der Waals surface area contributed by atoms with E-state index in [4.69, 9.17) is 4.74 Å². The molecule has 0 bridgehead atoms. The second kappa shape index (κ2) is 6.88. The standard InChI is InChI=1S/C20H21BrN2O4S/c1-22(2)9-8-17(24)19-14-11-13(27-3)5-6-16(14)23-20(19)15-10-12(21)4-7-18(15)28(23,25)26/h4-7,10-11,17,24H,8-9H2,1-3H3. The predicted octanol–water partition coefficient (Wildman–Crippen LogP) is 3.61. The van der Waals surface area contributed by atoms with Crippen molar-refractivity contribution in [3.05, 3.63) is 46.4 Å². The van der Waals surface area contributed by atoms with Crippen LogP contribution in [0.2, 0.25) is 0 Å². The van der Waals surface area contributed by atoms with Crippen LogP contribution in [0.15, 0.2) is 45.8 Å². The number of aliphatic hydroxyl groups is 1. The van der Waals surface area contributed by atoms with Gasteiger partial charge in [0.15, 0.2) is 0 Å². The molecule has 0 radical (unpaired) electrons. The van der Waals surface area contributed by atoms with Crippen LogP contribution in [0.3, 0.4) is 0 Å². The van der Waals surface area contributed by atoms with Crippen LogP contribution < -0.4 is 4.74 Å². The molecule has 1 aromatic heterocycles. The molecule has 2 heterocycles. The van der Waals surface area contributed by atoms with Gasteiger partial charge in [-0.2, -0.15) is 0 Å². The molecule has 0 fully saturated rings. The summed E-state index contributed by atoms with van der Waals surface area (Å²) in [4.78, 5) is 2.24. The molecule has 0 spiro atoms. The van der Waals surface area contributed by atoms with E-state index in [1.54, 1.807) is 43.5 Å². The Bertz CT molecular complexity index is 1180. The normalized spacial score (nSPS) is 15.6. The number of benzene rings is 2. The Morgan fingerprint density at radius 2 is 1.96 bits per heavy atom. The second-order valence-electron chi connectivity index (χ2n) is 7.16. The van der Waals surface area contributed by atoms with E-state index < -0.39 is 16.1 Å². The van der Waals surface area contributed by atoms with E-state index in [9.17, 15) is 13.5 Å². The van der Waals surface area contributed by atoms with Crippen molar-refractivity contribution in [2.24, 2.45) is 0 Å². The molecule has 4 rings (SSSR count). The number of methoxy groups -OCH3 is 1. The summed E-state index contributed by atoms with van der Waals surface area (Å²) in [6.07, 6.45) is -0.326. The monoisotopic (exact) mass is 464 g/mol. The maximum absolute atomic E-state index is 13.3. The molecule has 0 amide bonds. The van der Waals surface area contributed by atoms with Gasteiger partial charge in [-0.1, -0.05) is 15.9 Å². The van der Waals surface area contributed by atoms with Crippen LogP contribution in [-0.2, 0) is 10.0 Å². The molecule has 148 valence electrons. The van der Waals surface area contributed by atoms with Gasteiger partial charge in [0.25, 0.3) is 10.0 Å². The van der Waals surface area contributed by atoms with Crippen molar-refractivity contribution in [3.8, 4) is 17.0 Å². The van der Waals surface area contributed by atoms with Crippen LogP contribution in [-0.4, -0.2) is 50.1 Å². The summed E-state index contributed by atoms with van der Waals surface area (Å²) >= 11 is 3.44. The highest BCUT2D eigenvalue weighted by molar-refractivity contribution is 9.10. The Balaban J connectivity index is 2.07. The van der Waals surface area contributed by atoms with Crippen molar-refractivity contribution in [2.75, 3.05) is 27.7 Å². The molecule has 8 heteroatoms. The highest BCUT2D eigenvalue weighted by Gasteiger charge is 2.38. The van der Waals surface area contributed by atoms with Gasteiger partial charge in [-0.3, -0.25) is 0 Å². The predicted molar refractivity (Wildman–Crippen MR) is 112 cm³/mol. The number of rotatable bonds is 5. The first kappa shape index (κ1) is 19.4. The summed E-state index contributed by atoms with van der Waals surface area (Å²) in [5, 5.41) is 11.8. The van der Waals surface area contributed by atoms with E-state index in [1.165, 1.54) is 3.97 Å². The molecule has 0 saturated carbocycles. The topological polar surface area (TPSA) is 71.8 Å². The third-order valence-electron chi connectivity index (χ3n) is 5.07. The van der Waals surface area contributed by atoms with Gasteiger partial charge in [0.1, 0.15) is 5.75 Å². The molecule has 2 aromatic carbocycles. The fourth-order valence-corrected chi connectivity index (χ4v) is 5.86. The van der Waals surface area contributed by atoms with E-state index in [2.05, 4.69) is 15.9 Å². The van der Waals surface area contributed by atoms with Gasteiger partial charge in [-0.15, -0.1) is 0 Å². The summed E-state index contributed by atoms with van der Waals surface area (Å²) in [6.45, 7) is 0.676. The van der Waals surface area contributed by atoms with E-state index in [1.807, 2.05) is 19.0 Å². The number of hydrogen-bond acceptors (Lipinski definition) is 5. The number of halogens is 1. The molecular formula is C20H21BrN2O4S. The van der Waals surface area contributed by atoms with Crippen LogP contribution in [0.5, 0.6) is 5.75 Å². The largest absolute Gasteiger partial charge is 0.497 e. The minimum Gasteiger partial charge on any atom is -0.497 e. The number of hydrogen-bond donors (Lipinski definition) is 1. The molecule has 1 N–H and O–H groups in total. The zero-order valence-corrected chi connectivity index (χ0v) is 18.2. The Morgan fingerprint density at radius 1 is 1.21 bits per heavy atom. The number of aliphatic hydroxyl groups excluding tert-OH is 1. The second-order valence-corrected chi connectivity index (χ2v) is 9.83. The maximum atomic E-state index is 13.3.